The molecule has 2 heterocycles. The van der Waals surface area contributed by atoms with Crippen LogP contribution in [-0.2, 0) is 0 Å². The van der Waals surface area contributed by atoms with Gasteiger partial charge in [-0.1, -0.05) is 35.9 Å². The van der Waals surface area contributed by atoms with Crippen molar-refractivity contribution < 1.29 is 9.13 Å². The molecule has 1 atom stereocenters. The van der Waals surface area contributed by atoms with Crippen molar-refractivity contribution in [2.24, 2.45) is 0 Å². The molecule has 30 heavy (non-hydrogen) atoms. The molecule has 0 saturated carbocycles. The number of hydrogen-bond donors (Lipinski definition) is 1. The number of nitrogens with one attached hydrogen (secondary N) is 1. The van der Waals surface area contributed by atoms with Crippen LogP contribution in [0.15, 0.2) is 61.1 Å². The van der Waals surface area contributed by atoms with Crippen LogP contribution in [0.4, 0.5) is 10.1 Å². The maximum absolute atomic E-state index is 14.2. The fraction of sp³-hybridized carbons (Fsp3) is 0.174. The minimum Gasteiger partial charge on any atom is -0.464 e. The van der Waals surface area contributed by atoms with Crippen LogP contribution in [0.1, 0.15) is 25.5 Å². The summed E-state index contributed by atoms with van der Waals surface area (Å²) in [6.07, 6.45) is 5.03. The number of anilines is 1. The monoisotopic (exact) mass is 422 g/mol. The van der Waals surface area contributed by atoms with E-state index in [-0.39, 0.29) is 11.9 Å². The van der Waals surface area contributed by atoms with Crippen LogP contribution in [0.5, 0.6) is 6.01 Å². The lowest BCUT2D eigenvalue weighted by Gasteiger charge is -2.19. The van der Waals surface area contributed by atoms with Crippen molar-refractivity contribution in [2.45, 2.75) is 19.9 Å². The summed E-state index contributed by atoms with van der Waals surface area (Å²) in [4.78, 5) is 12.9. The second-order valence-corrected chi connectivity index (χ2v) is 7.20. The first-order valence-corrected chi connectivity index (χ1v) is 9.99. The maximum Gasteiger partial charge on any atom is 0.316 e. The van der Waals surface area contributed by atoms with Crippen LogP contribution in [0.2, 0.25) is 5.02 Å². The first-order valence-electron chi connectivity index (χ1n) is 9.61. The molecule has 5 nitrogen and oxygen atoms in total. The Hall–Kier alpha value is -3.25. The summed E-state index contributed by atoms with van der Waals surface area (Å²) < 4.78 is 19.5. The van der Waals surface area contributed by atoms with Crippen LogP contribution in [0.25, 0.3) is 22.0 Å². The van der Waals surface area contributed by atoms with E-state index in [0.717, 1.165) is 22.0 Å². The number of pyridine rings is 1. The molecule has 0 fully saturated rings. The van der Waals surface area contributed by atoms with Crippen LogP contribution in [0.3, 0.4) is 0 Å². The first-order chi connectivity index (χ1) is 14.6. The normalized spacial score (nSPS) is 12.0. The van der Waals surface area contributed by atoms with Crippen LogP contribution < -0.4 is 10.1 Å². The van der Waals surface area contributed by atoms with Gasteiger partial charge in [0.1, 0.15) is 5.82 Å². The van der Waals surface area contributed by atoms with E-state index in [9.17, 15) is 4.39 Å². The van der Waals surface area contributed by atoms with Gasteiger partial charge in [0.15, 0.2) is 0 Å². The van der Waals surface area contributed by atoms with Crippen molar-refractivity contribution in [1.82, 2.24) is 15.0 Å². The van der Waals surface area contributed by atoms with E-state index in [0.29, 0.717) is 28.9 Å². The molecule has 4 aromatic rings. The molecule has 1 N–H and O–H groups in total. The quantitative estimate of drug-likeness (QED) is 0.409. The van der Waals surface area contributed by atoms with Gasteiger partial charge in [0.05, 0.1) is 28.9 Å². The molecule has 0 amide bonds. The molecule has 152 valence electrons. The van der Waals surface area contributed by atoms with Crippen molar-refractivity contribution >= 4 is 28.2 Å². The molecule has 4 rings (SSSR count). The Morgan fingerprint density at radius 1 is 1.03 bits per heavy atom. The van der Waals surface area contributed by atoms with E-state index >= 15 is 0 Å². The number of rotatable bonds is 6. The Labute approximate surface area is 178 Å². The summed E-state index contributed by atoms with van der Waals surface area (Å²) in [6, 6.07) is 12.6. The predicted molar refractivity (Wildman–Crippen MR) is 117 cm³/mol. The van der Waals surface area contributed by atoms with Crippen molar-refractivity contribution in [3.05, 3.63) is 77.5 Å². The number of hydrogen-bond acceptors (Lipinski definition) is 5. The Morgan fingerprint density at radius 3 is 2.53 bits per heavy atom. The smallest absolute Gasteiger partial charge is 0.316 e. The summed E-state index contributed by atoms with van der Waals surface area (Å²) in [5.74, 6) is -0.265. The Balaban J connectivity index is 1.73. The van der Waals surface area contributed by atoms with Crippen LogP contribution >= 0.6 is 11.6 Å². The first kappa shape index (κ1) is 20.0. The largest absolute Gasteiger partial charge is 0.464 e. The summed E-state index contributed by atoms with van der Waals surface area (Å²) in [6.45, 7) is 4.29. The van der Waals surface area contributed by atoms with E-state index in [2.05, 4.69) is 20.3 Å². The molecule has 0 aliphatic heterocycles. The Bertz CT molecular complexity index is 1180. The second-order valence-electron chi connectivity index (χ2n) is 6.79. The molecule has 0 aliphatic carbocycles. The zero-order valence-corrected chi connectivity index (χ0v) is 17.3. The molecular formula is C23H20ClFN4O. The predicted octanol–water partition coefficient (Wildman–Crippen LogP) is 6.06. The van der Waals surface area contributed by atoms with Gasteiger partial charge in [-0.05, 0) is 37.6 Å². The summed E-state index contributed by atoms with van der Waals surface area (Å²) in [5, 5.41) is 4.65. The van der Waals surface area contributed by atoms with Gasteiger partial charge in [-0.2, -0.15) is 0 Å². The lowest BCUT2D eigenvalue weighted by atomic mass is 10.0. The van der Waals surface area contributed by atoms with Crippen molar-refractivity contribution in [3.8, 4) is 17.1 Å². The van der Waals surface area contributed by atoms with Crippen LogP contribution in [0, 0.1) is 5.82 Å². The molecule has 7 heteroatoms. The number of nitrogens with zero attached hydrogens (tertiary/aromatic N) is 3. The van der Waals surface area contributed by atoms with E-state index in [1.807, 2.05) is 38.1 Å². The van der Waals surface area contributed by atoms with Crippen molar-refractivity contribution in [3.63, 3.8) is 0 Å². The number of fused-ring (bicyclic) bond motifs is 1. The van der Waals surface area contributed by atoms with E-state index < -0.39 is 0 Å². The average molecular weight is 423 g/mol. The SMILES string of the molecule is CCOc1ncc(-c2ccc3ncc(Cl)c(NC(C)c4ccccc4F)c3c2)cn1. The Morgan fingerprint density at radius 2 is 1.80 bits per heavy atom. The van der Waals surface area contributed by atoms with Crippen LogP contribution in [-0.4, -0.2) is 21.6 Å². The van der Waals surface area contributed by atoms with Gasteiger partial charge in [0.2, 0.25) is 0 Å². The Kier molecular flexibility index (Phi) is 5.77. The molecular weight excluding hydrogens is 403 g/mol. The number of aromatic nitrogens is 3. The molecule has 0 saturated heterocycles. The van der Waals surface area contributed by atoms with E-state index in [1.165, 1.54) is 6.07 Å². The highest BCUT2D eigenvalue weighted by Crippen LogP contribution is 2.35. The fourth-order valence-electron chi connectivity index (χ4n) is 3.28. The zero-order valence-electron chi connectivity index (χ0n) is 16.6. The fourth-order valence-corrected chi connectivity index (χ4v) is 3.49. The lowest BCUT2D eigenvalue weighted by Crippen LogP contribution is -2.09. The highest BCUT2D eigenvalue weighted by molar-refractivity contribution is 6.34. The molecule has 0 bridgehead atoms. The summed E-state index contributed by atoms with van der Waals surface area (Å²) >= 11 is 6.47. The molecule has 0 aliphatic rings. The van der Waals surface area contributed by atoms with Gasteiger partial charge < -0.3 is 10.1 Å². The van der Waals surface area contributed by atoms with Gasteiger partial charge in [0, 0.05) is 35.1 Å². The third kappa shape index (κ3) is 4.04. The summed E-state index contributed by atoms with van der Waals surface area (Å²) in [7, 11) is 0. The summed E-state index contributed by atoms with van der Waals surface area (Å²) in [5.41, 5.74) is 3.80. The van der Waals surface area contributed by atoms with Crippen molar-refractivity contribution in [1.29, 1.82) is 0 Å². The molecule has 0 spiro atoms. The minimum absolute atomic E-state index is 0.265. The average Bonchev–Trinajstić information content (AvgIpc) is 2.76. The number of benzene rings is 2. The zero-order chi connectivity index (χ0) is 21.1. The maximum atomic E-state index is 14.2. The lowest BCUT2D eigenvalue weighted by molar-refractivity contribution is 0.312. The van der Waals surface area contributed by atoms with Gasteiger partial charge >= 0.3 is 6.01 Å². The van der Waals surface area contributed by atoms with Gasteiger partial charge in [-0.3, -0.25) is 4.98 Å². The highest BCUT2D eigenvalue weighted by atomic mass is 35.5. The van der Waals surface area contributed by atoms with Gasteiger partial charge in [0.25, 0.3) is 0 Å². The van der Waals surface area contributed by atoms with Gasteiger partial charge in [-0.15, -0.1) is 0 Å². The molecule has 2 aromatic heterocycles. The molecule has 0 radical (unpaired) electrons. The molecule has 2 aromatic carbocycles. The standard InChI is InChI=1S/C23H20ClFN4O/c1-3-30-23-27-11-16(12-28-23)15-8-9-21-18(10-15)22(19(24)13-26-21)29-14(2)17-6-4-5-7-20(17)25/h4-14H,3H2,1-2H3,(H,26,29). The second kappa shape index (κ2) is 8.63. The van der Waals surface area contributed by atoms with Gasteiger partial charge in [-0.25, -0.2) is 14.4 Å². The van der Waals surface area contributed by atoms with Crippen molar-refractivity contribution in [2.75, 3.05) is 11.9 Å². The third-order valence-corrected chi connectivity index (χ3v) is 5.08. The number of halogens is 2. The third-order valence-electron chi connectivity index (χ3n) is 4.79. The number of ether oxygens (including phenoxy) is 1. The van der Waals surface area contributed by atoms with E-state index in [1.54, 1.807) is 30.7 Å². The molecule has 1 unspecified atom stereocenters. The minimum atomic E-state index is -0.285. The topological polar surface area (TPSA) is 59.9 Å². The highest BCUT2D eigenvalue weighted by Gasteiger charge is 2.15. The van der Waals surface area contributed by atoms with E-state index in [4.69, 9.17) is 16.3 Å².